The predicted molar refractivity (Wildman–Crippen MR) is 157 cm³/mol. The summed E-state index contributed by atoms with van der Waals surface area (Å²) in [5, 5.41) is 18.4. The summed E-state index contributed by atoms with van der Waals surface area (Å²) in [5.74, 6) is -1.70. The zero-order valence-electron chi connectivity index (χ0n) is 21.2. The zero-order valence-corrected chi connectivity index (χ0v) is 22.8. The predicted octanol–water partition coefficient (Wildman–Crippen LogP) is 4.78. The number of aromatic nitrogens is 1. The third-order valence-corrected chi connectivity index (χ3v) is 6.87. The molecule has 0 saturated carbocycles. The van der Waals surface area contributed by atoms with Crippen LogP contribution in [0.25, 0.3) is 0 Å². The minimum atomic E-state index is -1.18. The molecule has 4 aromatic rings. The van der Waals surface area contributed by atoms with Crippen molar-refractivity contribution in [1.82, 2.24) is 4.98 Å². The number of carbonyl (C=O) groups excluding carboxylic acids is 1. The number of hydrogen-bond acceptors (Lipinski definition) is 7. The lowest BCUT2D eigenvalue weighted by Gasteiger charge is -2.20. The van der Waals surface area contributed by atoms with Gasteiger partial charge in [-0.2, -0.15) is 0 Å². The molecule has 0 saturated heterocycles. The van der Waals surface area contributed by atoms with Crippen LogP contribution in [0.5, 0.6) is 0 Å². The summed E-state index contributed by atoms with van der Waals surface area (Å²) in [7, 11) is 0. The molecule has 4 N–H and O–H groups in total. The number of aliphatic carboxylic acids is 1. The Bertz CT molecular complexity index is 1550. The van der Waals surface area contributed by atoms with Crippen LogP contribution in [-0.4, -0.2) is 34.6 Å². The van der Waals surface area contributed by atoms with E-state index >= 15 is 0 Å². The number of anilines is 3. The topological polar surface area (TPSA) is 137 Å². The Morgan fingerprint density at radius 3 is 2.15 bits per heavy atom. The van der Waals surface area contributed by atoms with Crippen LogP contribution in [-0.2, 0) is 17.6 Å². The Morgan fingerprint density at radius 2 is 1.50 bits per heavy atom. The molecule has 40 heavy (non-hydrogen) atoms. The minimum Gasteiger partial charge on any atom is -0.480 e. The Kier molecular flexibility index (Phi) is 9.52. The Balaban J connectivity index is 1.33. The Hall–Kier alpha value is -4.21. The third-order valence-electron chi connectivity index (χ3n) is 6.30. The van der Waals surface area contributed by atoms with Crippen molar-refractivity contribution in [2.75, 3.05) is 22.5 Å². The molecule has 0 aliphatic heterocycles. The molecule has 1 heterocycles. The molecule has 1 aromatic heterocycles. The van der Waals surface area contributed by atoms with Crippen LogP contribution >= 0.6 is 23.2 Å². The average Bonchev–Trinajstić information content (AvgIpc) is 2.94. The second-order valence-corrected chi connectivity index (χ2v) is 9.96. The number of carboxylic acid groups (broad SMARTS) is 1. The summed E-state index contributed by atoms with van der Waals surface area (Å²) in [6, 6.07) is 15.4. The first-order chi connectivity index (χ1) is 19.2. The van der Waals surface area contributed by atoms with E-state index in [1.54, 1.807) is 24.3 Å². The van der Waals surface area contributed by atoms with Gasteiger partial charge in [-0.1, -0.05) is 65.7 Å². The van der Waals surface area contributed by atoms with E-state index in [9.17, 15) is 24.3 Å². The number of unbranched alkanes of at least 4 members (excludes halogenated alkanes) is 1. The van der Waals surface area contributed by atoms with Gasteiger partial charge < -0.3 is 21.1 Å². The van der Waals surface area contributed by atoms with Gasteiger partial charge in [0.2, 0.25) is 0 Å². The summed E-state index contributed by atoms with van der Waals surface area (Å²) >= 11 is 12.1. The molecule has 0 unspecified atom stereocenters. The lowest BCUT2D eigenvalue weighted by atomic mass is 10.0. The van der Waals surface area contributed by atoms with Gasteiger partial charge in [0.1, 0.15) is 17.4 Å². The van der Waals surface area contributed by atoms with Crippen molar-refractivity contribution in [3.8, 4) is 0 Å². The van der Waals surface area contributed by atoms with Crippen LogP contribution in [0.15, 0.2) is 76.6 Å². The normalized spacial score (nSPS) is 11.7. The number of amides is 1. The summed E-state index contributed by atoms with van der Waals surface area (Å²) in [6.07, 6.45) is 5.22. The number of nitrogens with zero attached hydrogens (tertiary/aromatic N) is 1. The smallest absolute Gasteiger partial charge is 0.326 e. The SMILES string of the molecule is O=C(Nc1ccc(C[C@H](Nc2c(NCCCCc3ccccc3)c(=O)c2=O)C(=O)O)cc1)c1c(Cl)cncc1Cl. The molecule has 0 radical (unpaired) electrons. The number of hydrogen-bond donors (Lipinski definition) is 4. The minimum absolute atomic E-state index is 0.0181. The van der Waals surface area contributed by atoms with Gasteiger partial charge in [-0.15, -0.1) is 0 Å². The molecular weight excluding hydrogens is 555 g/mol. The van der Waals surface area contributed by atoms with Gasteiger partial charge in [0.15, 0.2) is 0 Å². The summed E-state index contributed by atoms with van der Waals surface area (Å²) < 4.78 is 0. The van der Waals surface area contributed by atoms with Crippen molar-refractivity contribution in [2.24, 2.45) is 0 Å². The largest absolute Gasteiger partial charge is 0.480 e. The van der Waals surface area contributed by atoms with Crippen LogP contribution in [0.1, 0.15) is 34.3 Å². The molecule has 0 bridgehead atoms. The molecule has 4 rings (SSSR count). The van der Waals surface area contributed by atoms with Crippen molar-refractivity contribution in [3.63, 3.8) is 0 Å². The van der Waals surface area contributed by atoms with Gasteiger partial charge >= 0.3 is 5.97 Å². The highest BCUT2D eigenvalue weighted by molar-refractivity contribution is 6.40. The van der Waals surface area contributed by atoms with Crippen molar-refractivity contribution >= 4 is 52.1 Å². The van der Waals surface area contributed by atoms with Crippen molar-refractivity contribution in [3.05, 3.63) is 114 Å². The second kappa shape index (κ2) is 13.2. The molecule has 0 aliphatic rings. The highest BCUT2D eigenvalue weighted by Gasteiger charge is 2.26. The lowest BCUT2D eigenvalue weighted by Crippen LogP contribution is -2.42. The van der Waals surface area contributed by atoms with Gasteiger partial charge in [-0.3, -0.25) is 19.4 Å². The molecule has 206 valence electrons. The quantitative estimate of drug-likeness (QED) is 0.131. The number of carbonyl (C=O) groups is 2. The maximum Gasteiger partial charge on any atom is 0.326 e. The van der Waals surface area contributed by atoms with E-state index in [1.807, 2.05) is 18.2 Å². The lowest BCUT2D eigenvalue weighted by molar-refractivity contribution is -0.137. The van der Waals surface area contributed by atoms with E-state index in [-0.39, 0.29) is 33.4 Å². The highest BCUT2D eigenvalue weighted by atomic mass is 35.5. The molecule has 0 aliphatic carbocycles. The van der Waals surface area contributed by atoms with E-state index < -0.39 is 28.8 Å². The molecule has 11 heteroatoms. The fourth-order valence-electron chi connectivity index (χ4n) is 4.17. The molecule has 1 atom stereocenters. The van der Waals surface area contributed by atoms with E-state index in [1.165, 1.54) is 18.0 Å². The monoisotopic (exact) mass is 580 g/mol. The van der Waals surface area contributed by atoms with Crippen molar-refractivity contribution < 1.29 is 14.7 Å². The number of pyridine rings is 1. The third kappa shape index (κ3) is 7.05. The molecule has 0 spiro atoms. The fraction of sp³-hybridized carbons (Fsp3) is 0.207. The van der Waals surface area contributed by atoms with Crippen LogP contribution in [0.2, 0.25) is 10.0 Å². The maximum atomic E-state index is 12.6. The van der Waals surface area contributed by atoms with Gasteiger partial charge in [-0.05, 0) is 42.5 Å². The average molecular weight is 581 g/mol. The molecule has 1 amide bonds. The number of aryl methyl sites for hydroxylation is 1. The van der Waals surface area contributed by atoms with Gasteiger partial charge in [0.25, 0.3) is 16.8 Å². The number of benzene rings is 2. The van der Waals surface area contributed by atoms with Crippen molar-refractivity contribution in [2.45, 2.75) is 31.7 Å². The first kappa shape index (κ1) is 28.8. The van der Waals surface area contributed by atoms with Crippen LogP contribution in [0.3, 0.4) is 0 Å². The second-order valence-electron chi connectivity index (χ2n) is 9.15. The van der Waals surface area contributed by atoms with E-state index in [0.717, 1.165) is 19.3 Å². The standard InChI is InChI=1S/C29H26Cl2N4O5/c30-20-15-32-16-21(31)23(20)28(38)34-19-11-9-18(10-12-19)14-22(29(39)40)35-25-24(26(36)27(25)37)33-13-5-4-8-17-6-2-1-3-7-17/h1-3,6-7,9-12,15-16,22,33,35H,4-5,8,13-14H2,(H,34,38)(H,39,40)/t22-/m0/s1. The zero-order chi connectivity index (χ0) is 28.6. The van der Waals surface area contributed by atoms with Crippen LogP contribution in [0.4, 0.5) is 17.1 Å². The van der Waals surface area contributed by atoms with Crippen LogP contribution < -0.4 is 26.8 Å². The summed E-state index contributed by atoms with van der Waals surface area (Å²) in [4.78, 5) is 52.7. The summed E-state index contributed by atoms with van der Waals surface area (Å²) in [6.45, 7) is 0.479. The first-order valence-electron chi connectivity index (χ1n) is 12.5. The highest BCUT2D eigenvalue weighted by Crippen LogP contribution is 2.24. The van der Waals surface area contributed by atoms with E-state index in [0.29, 0.717) is 17.8 Å². The van der Waals surface area contributed by atoms with Gasteiger partial charge in [-0.25, -0.2) is 4.79 Å². The Morgan fingerprint density at radius 1 is 0.850 bits per heavy atom. The van der Waals surface area contributed by atoms with E-state index in [4.69, 9.17) is 23.2 Å². The number of rotatable bonds is 13. The number of halogens is 2. The number of nitrogens with one attached hydrogen (secondary N) is 3. The number of carboxylic acids is 1. The van der Waals surface area contributed by atoms with Gasteiger partial charge in [0.05, 0.1) is 15.6 Å². The molecule has 9 nitrogen and oxygen atoms in total. The van der Waals surface area contributed by atoms with Crippen molar-refractivity contribution in [1.29, 1.82) is 0 Å². The van der Waals surface area contributed by atoms with E-state index in [2.05, 4.69) is 33.1 Å². The van der Waals surface area contributed by atoms with Gasteiger partial charge in [0, 0.05) is 31.0 Å². The molecular formula is C29H26Cl2N4O5. The molecule has 0 fully saturated rings. The Labute approximate surface area is 239 Å². The first-order valence-corrected chi connectivity index (χ1v) is 13.3. The molecule has 3 aromatic carbocycles. The maximum absolute atomic E-state index is 12.6. The summed E-state index contributed by atoms with van der Waals surface area (Å²) in [5.41, 5.74) is 1.07. The van der Waals surface area contributed by atoms with Crippen LogP contribution in [0, 0.1) is 0 Å². The fourth-order valence-corrected chi connectivity index (χ4v) is 4.70.